The zero-order chi connectivity index (χ0) is 19.9. The quantitative estimate of drug-likeness (QED) is 0.518. The molecule has 3 rings (SSSR count). The molecule has 0 atom stereocenters. The third kappa shape index (κ3) is 3.86. The molecule has 0 aliphatic heterocycles. The number of aryl methyl sites for hydroxylation is 2. The normalized spacial score (nSPS) is 11.6. The number of rotatable bonds is 4. The summed E-state index contributed by atoms with van der Waals surface area (Å²) in [6.45, 7) is 1.85. The molecular weight excluding hydrogens is 490 g/mol. The molecule has 0 unspecified atom stereocenters. The molecule has 12 heteroatoms. The summed E-state index contributed by atoms with van der Waals surface area (Å²) >= 11 is 2.16. The fourth-order valence-corrected chi connectivity index (χ4v) is 3.67. The van der Waals surface area contributed by atoms with Crippen molar-refractivity contribution in [3.05, 3.63) is 55.8 Å². The van der Waals surface area contributed by atoms with Crippen LogP contribution in [-0.4, -0.2) is 28.2 Å². The maximum Gasteiger partial charge on any atom is 0.368 e. The predicted octanol–water partition coefficient (Wildman–Crippen LogP) is 1.41. The average Bonchev–Trinajstić information content (AvgIpc) is 2.89. The Labute approximate surface area is 167 Å². The average molecular weight is 504 g/mol. The van der Waals surface area contributed by atoms with Gasteiger partial charge in [0.05, 0.1) is 11.4 Å². The lowest BCUT2D eigenvalue weighted by molar-refractivity contribution is 0.567. The Kier molecular flexibility index (Phi) is 5.05. The topological polar surface area (TPSA) is 125 Å². The van der Waals surface area contributed by atoms with Crippen LogP contribution in [0.2, 0.25) is 0 Å². The first kappa shape index (κ1) is 19.4. The Morgan fingerprint density at radius 3 is 2.44 bits per heavy atom. The number of hydrogen-bond donors (Lipinski definition) is 2. The minimum atomic E-state index is -4.35. The molecule has 3 N–H and O–H groups in total. The molecule has 9 nitrogen and oxygen atoms in total. The van der Waals surface area contributed by atoms with Crippen LogP contribution in [0.1, 0.15) is 5.56 Å². The summed E-state index contributed by atoms with van der Waals surface area (Å²) in [7, 11) is -2.97. The summed E-state index contributed by atoms with van der Waals surface area (Å²) in [5.41, 5.74) is 1.01. The van der Waals surface area contributed by atoms with Crippen LogP contribution in [0.15, 0.2) is 40.0 Å². The van der Waals surface area contributed by atoms with E-state index in [4.69, 9.17) is 5.14 Å². The molecule has 0 saturated carbocycles. The van der Waals surface area contributed by atoms with Crippen LogP contribution in [0.5, 0.6) is 0 Å². The van der Waals surface area contributed by atoms with Gasteiger partial charge in [0.2, 0.25) is 10.0 Å². The molecule has 142 valence electrons. The first-order chi connectivity index (χ1) is 12.6. The van der Waals surface area contributed by atoms with Crippen molar-refractivity contribution < 1.29 is 12.8 Å². The highest BCUT2D eigenvalue weighted by molar-refractivity contribution is 14.1. The van der Waals surface area contributed by atoms with Crippen molar-refractivity contribution >= 4 is 44.0 Å². The molecule has 0 saturated heterocycles. The lowest BCUT2D eigenvalue weighted by Gasteiger charge is -2.15. The van der Waals surface area contributed by atoms with E-state index in [0.29, 0.717) is 5.69 Å². The molecule has 1 aromatic heterocycles. The van der Waals surface area contributed by atoms with Crippen molar-refractivity contribution in [2.75, 3.05) is 5.32 Å². The van der Waals surface area contributed by atoms with Gasteiger partial charge in [-0.05, 0) is 69.8 Å². The smallest absolute Gasteiger partial charge is 0.353 e. The van der Waals surface area contributed by atoms with Crippen LogP contribution in [0.25, 0.3) is 5.69 Å². The molecule has 0 radical (unpaired) electrons. The van der Waals surface area contributed by atoms with Crippen LogP contribution >= 0.6 is 22.6 Å². The Morgan fingerprint density at radius 1 is 1.19 bits per heavy atom. The Morgan fingerprint density at radius 2 is 1.89 bits per heavy atom. The summed E-state index contributed by atoms with van der Waals surface area (Å²) in [6, 6.07) is 7.44. The zero-order valence-corrected chi connectivity index (χ0v) is 17.1. The molecule has 3 aromatic rings. The molecule has 0 bridgehead atoms. The lowest BCUT2D eigenvalue weighted by atomic mass is 10.2. The third-order valence-corrected chi connectivity index (χ3v) is 5.36. The van der Waals surface area contributed by atoms with Crippen molar-refractivity contribution in [1.29, 1.82) is 0 Å². The van der Waals surface area contributed by atoms with E-state index in [2.05, 4.69) is 38.3 Å². The number of hydrogen-bond acceptors (Lipinski definition) is 6. The molecule has 1 heterocycles. The van der Waals surface area contributed by atoms with Gasteiger partial charge in [0.1, 0.15) is 10.7 Å². The van der Waals surface area contributed by atoms with Crippen molar-refractivity contribution in [3.63, 3.8) is 0 Å². The lowest BCUT2D eigenvalue weighted by Crippen LogP contribution is -2.23. The monoisotopic (exact) mass is 504 g/mol. The third-order valence-electron chi connectivity index (χ3n) is 3.76. The van der Waals surface area contributed by atoms with Gasteiger partial charge < -0.3 is 5.32 Å². The first-order valence-electron chi connectivity index (χ1n) is 7.47. The van der Waals surface area contributed by atoms with E-state index in [1.165, 1.54) is 7.05 Å². The highest BCUT2D eigenvalue weighted by Gasteiger charge is 2.21. The minimum absolute atomic E-state index is 0.00326. The van der Waals surface area contributed by atoms with Crippen LogP contribution in [-0.2, 0) is 17.1 Å². The van der Waals surface area contributed by atoms with Gasteiger partial charge in [0.15, 0.2) is 0 Å². The number of primary sulfonamides is 1. The highest BCUT2D eigenvalue weighted by atomic mass is 127. The number of nitrogens with two attached hydrogens (primary N) is 1. The maximum atomic E-state index is 14.4. The molecule has 2 aromatic carbocycles. The fourth-order valence-electron chi connectivity index (χ4n) is 2.41. The molecule has 0 aliphatic rings. The van der Waals surface area contributed by atoms with Crippen molar-refractivity contribution in [2.45, 2.75) is 11.8 Å². The Balaban J connectivity index is 2.25. The molecular formula is C15H14FIN6O3S. The second kappa shape index (κ2) is 7.01. The number of benzene rings is 2. The SMILES string of the molecule is Cc1cc(I)ccc1Nc1cc(F)c(S(N)(=O)=O)cc1-n1nnn(C)c1=O. The van der Waals surface area contributed by atoms with E-state index < -0.39 is 26.4 Å². The number of aromatic nitrogens is 4. The molecule has 0 spiro atoms. The van der Waals surface area contributed by atoms with E-state index in [9.17, 15) is 17.6 Å². The number of sulfonamides is 1. The fraction of sp³-hybridized carbons (Fsp3) is 0.133. The molecule has 27 heavy (non-hydrogen) atoms. The van der Waals surface area contributed by atoms with E-state index >= 15 is 0 Å². The number of tetrazole rings is 1. The van der Waals surface area contributed by atoms with Gasteiger partial charge in [-0.1, -0.05) is 0 Å². The van der Waals surface area contributed by atoms with Gasteiger partial charge in [0, 0.05) is 22.4 Å². The van der Waals surface area contributed by atoms with E-state index in [0.717, 1.165) is 30.6 Å². The number of nitrogens with one attached hydrogen (secondary N) is 1. The van der Waals surface area contributed by atoms with Gasteiger partial charge in [-0.15, -0.1) is 0 Å². The van der Waals surface area contributed by atoms with Crippen molar-refractivity contribution in [2.24, 2.45) is 12.2 Å². The summed E-state index contributed by atoms with van der Waals surface area (Å²) in [5.74, 6) is -1.05. The van der Waals surface area contributed by atoms with E-state index in [1.807, 2.05) is 19.1 Å². The van der Waals surface area contributed by atoms with Gasteiger partial charge in [-0.2, -0.15) is 9.36 Å². The molecule has 0 aliphatic carbocycles. The second-order valence-corrected chi connectivity index (χ2v) is 8.50. The van der Waals surface area contributed by atoms with Crippen molar-refractivity contribution in [3.8, 4) is 5.69 Å². The minimum Gasteiger partial charge on any atom is -0.353 e. The van der Waals surface area contributed by atoms with Crippen LogP contribution < -0.4 is 16.1 Å². The Hall–Kier alpha value is -2.32. The van der Waals surface area contributed by atoms with E-state index in [-0.39, 0.29) is 11.4 Å². The zero-order valence-electron chi connectivity index (χ0n) is 14.1. The number of nitrogens with zero attached hydrogens (tertiary/aromatic N) is 4. The largest absolute Gasteiger partial charge is 0.368 e. The van der Waals surface area contributed by atoms with Crippen LogP contribution in [0.3, 0.4) is 0 Å². The van der Waals surface area contributed by atoms with Gasteiger partial charge in [-0.25, -0.2) is 22.7 Å². The summed E-state index contributed by atoms with van der Waals surface area (Å²) in [4.78, 5) is 11.5. The number of anilines is 2. The van der Waals surface area contributed by atoms with Crippen LogP contribution in [0.4, 0.5) is 15.8 Å². The summed E-state index contributed by atoms with van der Waals surface area (Å²) < 4.78 is 40.6. The standard InChI is InChI=1S/C15H14FIN6O3S/c1-8-5-9(17)3-4-11(8)19-12-6-10(16)14(27(18,25)26)7-13(12)23-15(24)22(2)20-21-23/h3-7,19H,1-2H3,(H2,18,25,26). The van der Waals surface area contributed by atoms with Crippen molar-refractivity contribution in [1.82, 2.24) is 19.8 Å². The summed E-state index contributed by atoms with van der Waals surface area (Å²) in [6.07, 6.45) is 0. The van der Waals surface area contributed by atoms with Gasteiger partial charge in [-0.3, -0.25) is 0 Å². The second-order valence-electron chi connectivity index (χ2n) is 5.73. The Bertz CT molecular complexity index is 1200. The van der Waals surface area contributed by atoms with Gasteiger partial charge in [0.25, 0.3) is 0 Å². The first-order valence-corrected chi connectivity index (χ1v) is 10.1. The van der Waals surface area contributed by atoms with Crippen LogP contribution in [0, 0.1) is 16.3 Å². The molecule has 0 fully saturated rings. The highest BCUT2D eigenvalue weighted by Crippen LogP contribution is 2.30. The predicted molar refractivity (Wildman–Crippen MR) is 105 cm³/mol. The number of halogens is 2. The summed E-state index contributed by atoms with van der Waals surface area (Å²) in [5, 5.41) is 15.4. The molecule has 0 amide bonds. The van der Waals surface area contributed by atoms with Gasteiger partial charge >= 0.3 is 5.69 Å². The van der Waals surface area contributed by atoms with E-state index in [1.54, 1.807) is 6.07 Å². The maximum absolute atomic E-state index is 14.4.